The molecule has 3 aliphatic rings. The number of carbonyl (C=O) groups is 1. The molecule has 1 amide bonds. The fraction of sp³-hybridized carbons (Fsp3) is 0.486. The number of halogens is 3. The van der Waals surface area contributed by atoms with Gasteiger partial charge in [-0.25, -0.2) is 4.99 Å². The van der Waals surface area contributed by atoms with Crippen molar-refractivity contribution in [3.05, 3.63) is 83.4 Å². The molecule has 3 rings (SSSR count). The molecule has 0 aromatic heterocycles. The minimum atomic E-state index is -4.57. The molecule has 268 valence electrons. The van der Waals surface area contributed by atoms with E-state index in [4.69, 9.17) is 4.74 Å². The molecule has 2 aliphatic heterocycles. The molecule has 14 heteroatoms. The molecule has 49 heavy (non-hydrogen) atoms. The smallest absolute Gasteiger partial charge is 0.482 e. The summed E-state index contributed by atoms with van der Waals surface area (Å²) in [6.45, 7) is 12.7. The number of guanidine groups is 1. The van der Waals surface area contributed by atoms with Crippen molar-refractivity contribution in [2.75, 3.05) is 60.5 Å². The van der Waals surface area contributed by atoms with Crippen LogP contribution in [0.3, 0.4) is 0 Å². The second kappa shape index (κ2) is 19.4. The van der Waals surface area contributed by atoms with Gasteiger partial charge >= 0.3 is 6.30 Å². The highest BCUT2D eigenvalue weighted by Crippen LogP contribution is 2.20. The van der Waals surface area contributed by atoms with E-state index in [0.29, 0.717) is 48.4 Å². The van der Waals surface area contributed by atoms with Crippen molar-refractivity contribution < 1.29 is 22.7 Å². The monoisotopic (exact) mass is 685 g/mol. The van der Waals surface area contributed by atoms with E-state index in [2.05, 4.69) is 37.1 Å². The van der Waals surface area contributed by atoms with Gasteiger partial charge < -0.3 is 25.2 Å². The quantitative estimate of drug-likeness (QED) is 0.0629. The van der Waals surface area contributed by atoms with Crippen LogP contribution >= 0.6 is 0 Å². The van der Waals surface area contributed by atoms with Crippen molar-refractivity contribution >= 4 is 23.9 Å². The Morgan fingerprint density at radius 2 is 1.92 bits per heavy atom. The summed E-state index contributed by atoms with van der Waals surface area (Å²) in [7, 11) is 4.97. The SMILES string of the molecule is C=C(/C=C(\C=C(/CC)OC)NC(=NCC)N(C)C1=CC(NCCN2CCCCC2)=NCC=N1)C(=O)N(C)C1=CC=CC(NC(F)(F)F)=CC1. The second-order valence-electron chi connectivity index (χ2n) is 11.5. The number of piperidine rings is 1. The van der Waals surface area contributed by atoms with Gasteiger partial charge in [-0.05, 0) is 57.2 Å². The van der Waals surface area contributed by atoms with Gasteiger partial charge in [-0.2, -0.15) is 13.2 Å². The molecule has 0 saturated carbocycles. The molecule has 1 saturated heterocycles. The van der Waals surface area contributed by atoms with Gasteiger partial charge in [0.1, 0.15) is 11.7 Å². The Morgan fingerprint density at radius 3 is 2.59 bits per heavy atom. The van der Waals surface area contributed by atoms with Crippen molar-refractivity contribution in [1.29, 1.82) is 0 Å². The Kier molecular flexibility index (Phi) is 15.4. The number of methoxy groups -OCH3 is 1. The maximum absolute atomic E-state index is 13.5. The normalized spacial score (nSPS) is 17.9. The van der Waals surface area contributed by atoms with Crippen LogP contribution in [0, 0.1) is 0 Å². The number of hydrogen-bond donors (Lipinski definition) is 3. The molecule has 3 N–H and O–H groups in total. The first-order valence-corrected chi connectivity index (χ1v) is 16.6. The summed E-state index contributed by atoms with van der Waals surface area (Å²) in [5.41, 5.74) is 1.02. The standard InChI is InChI=1S/C35H50F3N9O2/c1-7-30(49-6)24-28(23-26(3)33(48)45(4)29-14-12-13-27(15-16-29)44-35(36,37)38)43-34(39-8-2)46(5)32-25-31(40-17-18-42-32)41-19-22-47-20-10-9-11-21-47/h12-15,18,23-25,44H,3,7-11,16-17,19-22H2,1-2,4-6H3,(H,39,43)(H,40,41)/b28-23+,30-24+. The average molecular weight is 686 g/mol. The van der Waals surface area contributed by atoms with Gasteiger partial charge in [0.15, 0.2) is 0 Å². The maximum atomic E-state index is 13.5. The number of aliphatic imine (C=N–C) groups is 3. The van der Waals surface area contributed by atoms with E-state index >= 15 is 0 Å². The minimum Gasteiger partial charge on any atom is -0.501 e. The van der Waals surface area contributed by atoms with Gasteiger partial charge in [0, 0.05) is 81.5 Å². The summed E-state index contributed by atoms with van der Waals surface area (Å²) < 4.78 is 44.0. The first kappa shape index (κ1) is 38.9. The van der Waals surface area contributed by atoms with Crippen LogP contribution in [-0.2, 0) is 9.53 Å². The molecule has 0 aromatic rings. The summed E-state index contributed by atoms with van der Waals surface area (Å²) in [6.07, 6.45) is 12.6. The van der Waals surface area contributed by atoms with Crippen molar-refractivity contribution in [3.8, 4) is 0 Å². The summed E-state index contributed by atoms with van der Waals surface area (Å²) in [5.74, 6) is 2.03. The largest absolute Gasteiger partial charge is 0.501 e. The number of nitrogens with zero attached hydrogens (tertiary/aromatic N) is 6. The Morgan fingerprint density at radius 1 is 1.16 bits per heavy atom. The van der Waals surface area contributed by atoms with E-state index < -0.39 is 12.2 Å². The molecule has 0 spiro atoms. The lowest BCUT2D eigenvalue weighted by molar-refractivity contribution is -0.148. The van der Waals surface area contributed by atoms with Crippen LogP contribution in [0.4, 0.5) is 13.2 Å². The minimum absolute atomic E-state index is 0.103. The molecule has 0 bridgehead atoms. The van der Waals surface area contributed by atoms with Crippen molar-refractivity contribution in [2.45, 2.75) is 52.3 Å². The highest BCUT2D eigenvalue weighted by molar-refractivity contribution is 5.98. The highest BCUT2D eigenvalue weighted by atomic mass is 19.4. The zero-order valence-electron chi connectivity index (χ0n) is 29.2. The number of nitrogens with one attached hydrogen (secondary N) is 3. The first-order chi connectivity index (χ1) is 23.4. The van der Waals surface area contributed by atoms with Crippen LogP contribution in [0.25, 0.3) is 0 Å². The van der Waals surface area contributed by atoms with Gasteiger partial charge in [0.05, 0.1) is 19.4 Å². The summed E-state index contributed by atoms with van der Waals surface area (Å²) in [6, 6.07) is 0. The lowest BCUT2D eigenvalue weighted by Gasteiger charge is -2.26. The van der Waals surface area contributed by atoms with E-state index in [0.717, 1.165) is 32.0 Å². The molecule has 1 fully saturated rings. The molecule has 0 unspecified atom stereocenters. The Balaban J connectivity index is 1.79. The third-order valence-corrected chi connectivity index (χ3v) is 7.89. The topological polar surface area (TPSA) is 109 Å². The van der Waals surface area contributed by atoms with Crippen LogP contribution in [0.5, 0.6) is 0 Å². The lowest BCUT2D eigenvalue weighted by atomic mass is 10.1. The van der Waals surface area contributed by atoms with E-state index in [9.17, 15) is 18.0 Å². The van der Waals surface area contributed by atoms with Gasteiger partial charge in [-0.3, -0.25) is 25.0 Å². The zero-order chi connectivity index (χ0) is 35.8. The number of allylic oxidation sites excluding steroid dienone is 6. The van der Waals surface area contributed by atoms with Crippen LogP contribution < -0.4 is 16.0 Å². The van der Waals surface area contributed by atoms with E-state index in [1.54, 1.807) is 38.6 Å². The molecule has 11 nitrogen and oxygen atoms in total. The number of amidine groups is 1. The van der Waals surface area contributed by atoms with E-state index in [1.807, 2.05) is 31.9 Å². The number of carbonyl (C=O) groups excluding carboxylic acids is 1. The Bertz CT molecular complexity index is 1440. The number of rotatable bonds is 13. The second-order valence-corrected chi connectivity index (χ2v) is 11.5. The number of hydrogen-bond acceptors (Lipinski definition) is 8. The maximum Gasteiger partial charge on any atom is 0.482 e. The average Bonchev–Trinajstić information content (AvgIpc) is 3.46. The van der Waals surface area contributed by atoms with Crippen LogP contribution in [0.2, 0.25) is 0 Å². The highest BCUT2D eigenvalue weighted by Gasteiger charge is 2.28. The summed E-state index contributed by atoms with van der Waals surface area (Å²) in [5, 5.41) is 8.28. The van der Waals surface area contributed by atoms with Gasteiger partial charge in [0.2, 0.25) is 5.96 Å². The first-order valence-electron chi connectivity index (χ1n) is 16.6. The number of ether oxygens (including phenoxy) is 1. The van der Waals surface area contributed by atoms with Gasteiger partial charge in [0.25, 0.3) is 5.91 Å². The van der Waals surface area contributed by atoms with Crippen molar-refractivity contribution in [1.82, 2.24) is 30.7 Å². The fourth-order valence-corrected chi connectivity index (χ4v) is 5.22. The van der Waals surface area contributed by atoms with Crippen molar-refractivity contribution in [3.63, 3.8) is 0 Å². The summed E-state index contributed by atoms with van der Waals surface area (Å²) >= 11 is 0. The lowest BCUT2D eigenvalue weighted by Crippen LogP contribution is -2.39. The third-order valence-electron chi connectivity index (χ3n) is 7.89. The molecule has 2 heterocycles. The van der Waals surface area contributed by atoms with Gasteiger partial charge in [-0.1, -0.05) is 32.1 Å². The molecular weight excluding hydrogens is 635 g/mol. The third kappa shape index (κ3) is 13.1. The predicted molar refractivity (Wildman–Crippen MR) is 191 cm³/mol. The van der Waals surface area contributed by atoms with E-state index in [1.165, 1.54) is 47.7 Å². The zero-order valence-corrected chi connectivity index (χ0v) is 29.2. The van der Waals surface area contributed by atoms with E-state index in [-0.39, 0.29) is 17.7 Å². The fourth-order valence-electron chi connectivity index (χ4n) is 5.22. The van der Waals surface area contributed by atoms with Crippen molar-refractivity contribution in [2.24, 2.45) is 15.0 Å². The number of alkyl halides is 3. The molecule has 1 aliphatic carbocycles. The van der Waals surface area contributed by atoms with Gasteiger partial charge in [-0.15, -0.1) is 0 Å². The molecular formula is C35H50F3N9O2. The Labute approximate surface area is 288 Å². The molecule has 0 aromatic carbocycles. The van der Waals surface area contributed by atoms with Crippen LogP contribution in [0.1, 0.15) is 46.0 Å². The van der Waals surface area contributed by atoms with Crippen LogP contribution in [0.15, 0.2) is 98.3 Å². The summed E-state index contributed by atoms with van der Waals surface area (Å²) in [4.78, 5) is 33.1. The number of likely N-dealkylation sites (N-methyl/N-ethyl adjacent to an activating group) is 1. The Hall–Kier alpha value is -4.59. The molecule has 0 atom stereocenters. The number of amides is 1. The van der Waals surface area contributed by atoms with Crippen LogP contribution in [-0.4, -0.2) is 105 Å². The molecule has 0 radical (unpaired) electrons. The number of likely N-dealkylation sites (tertiary alicyclic amines) is 1. The predicted octanol–water partition coefficient (Wildman–Crippen LogP) is 4.96.